The average molecular weight is 295 g/mol. The van der Waals surface area contributed by atoms with Crippen molar-refractivity contribution in [3.63, 3.8) is 0 Å². The molecule has 2 rings (SSSR count). The molecule has 1 N–H and O–H groups in total. The largest absolute Gasteiger partial charge is 0.311 e. The molecule has 19 heavy (non-hydrogen) atoms. The number of pyridine rings is 1. The Labute approximate surface area is 119 Å². The molecule has 0 radical (unpaired) electrons. The van der Waals surface area contributed by atoms with Crippen LogP contribution in [0.2, 0.25) is 0 Å². The number of nitrogens with one attached hydrogen (secondary N) is 1. The van der Waals surface area contributed by atoms with Gasteiger partial charge in [-0.05, 0) is 25.1 Å². The molecular formula is C13H17N3OS2. The molecule has 0 aliphatic carbocycles. The Balaban J connectivity index is 1.80. The second kappa shape index (κ2) is 7.47. The van der Waals surface area contributed by atoms with Gasteiger partial charge < -0.3 is 5.32 Å². The van der Waals surface area contributed by atoms with Gasteiger partial charge >= 0.3 is 0 Å². The Bertz CT molecular complexity index is 528. The molecule has 1 unspecified atom stereocenters. The van der Waals surface area contributed by atoms with E-state index in [-0.39, 0.29) is 0 Å². The van der Waals surface area contributed by atoms with Gasteiger partial charge in [0.2, 0.25) is 0 Å². The fourth-order valence-electron chi connectivity index (χ4n) is 1.61. The SMILES string of the molecule is CS(=O)CCCNCc1csc(-c2ccccn2)n1. The Morgan fingerprint density at radius 3 is 3.05 bits per heavy atom. The molecule has 1 atom stereocenters. The molecule has 0 bridgehead atoms. The van der Waals surface area contributed by atoms with Gasteiger partial charge in [0.25, 0.3) is 0 Å². The smallest absolute Gasteiger partial charge is 0.142 e. The van der Waals surface area contributed by atoms with E-state index >= 15 is 0 Å². The van der Waals surface area contributed by atoms with Crippen molar-refractivity contribution in [2.75, 3.05) is 18.6 Å². The zero-order chi connectivity index (χ0) is 13.5. The fourth-order valence-corrected chi connectivity index (χ4v) is 2.96. The molecule has 2 aromatic rings. The van der Waals surface area contributed by atoms with E-state index in [9.17, 15) is 4.21 Å². The van der Waals surface area contributed by atoms with Crippen LogP contribution in [0.15, 0.2) is 29.8 Å². The zero-order valence-electron chi connectivity index (χ0n) is 10.8. The number of thiazole rings is 1. The molecule has 0 saturated carbocycles. The van der Waals surface area contributed by atoms with E-state index in [1.807, 2.05) is 18.2 Å². The number of nitrogens with zero attached hydrogens (tertiary/aromatic N) is 2. The van der Waals surface area contributed by atoms with Gasteiger partial charge in [0.05, 0.1) is 11.4 Å². The van der Waals surface area contributed by atoms with Crippen molar-refractivity contribution in [3.05, 3.63) is 35.5 Å². The first kappa shape index (κ1) is 14.3. The van der Waals surface area contributed by atoms with Crippen LogP contribution < -0.4 is 5.32 Å². The summed E-state index contributed by atoms with van der Waals surface area (Å²) in [4.78, 5) is 8.83. The summed E-state index contributed by atoms with van der Waals surface area (Å²) in [5.74, 6) is 0.753. The number of hydrogen-bond acceptors (Lipinski definition) is 5. The third kappa shape index (κ3) is 4.81. The van der Waals surface area contributed by atoms with Crippen molar-refractivity contribution in [2.45, 2.75) is 13.0 Å². The molecule has 0 aliphatic heterocycles. The van der Waals surface area contributed by atoms with E-state index in [1.54, 1.807) is 23.8 Å². The van der Waals surface area contributed by atoms with Gasteiger partial charge in [0, 0.05) is 40.9 Å². The van der Waals surface area contributed by atoms with Crippen LogP contribution in [-0.4, -0.2) is 32.7 Å². The highest BCUT2D eigenvalue weighted by molar-refractivity contribution is 7.84. The van der Waals surface area contributed by atoms with Crippen LogP contribution in [0.1, 0.15) is 12.1 Å². The van der Waals surface area contributed by atoms with Gasteiger partial charge in [0.15, 0.2) is 0 Å². The molecule has 0 spiro atoms. The number of hydrogen-bond donors (Lipinski definition) is 1. The van der Waals surface area contributed by atoms with Crippen LogP contribution in [0, 0.1) is 0 Å². The van der Waals surface area contributed by atoms with Crippen LogP contribution in [0.3, 0.4) is 0 Å². The third-order valence-electron chi connectivity index (χ3n) is 2.53. The van der Waals surface area contributed by atoms with Crippen LogP contribution in [-0.2, 0) is 17.3 Å². The normalized spacial score (nSPS) is 12.5. The van der Waals surface area contributed by atoms with Gasteiger partial charge in [-0.3, -0.25) is 9.19 Å². The molecule has 0 fully saturated rings. The predicted molar refractivity (Wildman–Crippen MR) is 80.6 cm³/mol. The minimum absolute atomic E-state index is 0.696. The standard InChI is InChI=1S/C13H17N3OS2/c1-19(17)8-4-6-14-9-11-10-18-13(16-11)12-5-2-3-7-15-12/h2-3,5,7,10,14H,4,6,8-9H2,1H3. The lowest BCUT2D eigenvalue weighted by atomic mass is 10.3. The van der Waals surface area contributed by atoms with E-state index in [1.165, 1.54) is 0 Å². The van der Waals surface area contributed by atoms with E-state index in [2.05, 4.69) is 20.7 Å². The monoisotopic (exact) mass is 295 g/mol. The Morgan fingerprint density at radius 1 is 1.42 bits per heavy atom. The van der Waals surface area contributed by atoms with Gasteiger partial charge in [0.1, 0.15) is 5.01 Å². The van der Waals surface area contributed by atoms with Crippen molar-refractivity contribution in [3.8, 4) is 10.7 Å². The van der Waals surface area contributed by atoms with E-state index in [4.69, 9.17) is 0 Å². The van der Waals surface area contributed by atoms with Gasteiger partial charge in [-0.2, -0.15) is 0 Å². The van der Waals surface area contributed by atoms with Gasteiger partial charge in [-0.15, -0.1) is 11.3 Å². The highest BCUT2D eigenvalue weighted by Gasteiger charge is 2.04. The molecule has 4 nitrogen and oxygen atoms in total. The summed E-state index contributed by atoms with van der Waals surface area (Å²) in [6.45, 7) is 1.62. The lowest BCUT2D eigenvalue weighted by molar-refractivity contribution is 0.657. The van der Waals surface area contributed by atoms with E-state index in [0.717, 1.165) is 41.7 Å². The molecule has 2 aromatic heterocycles. The fraction of sp³-hybridized carbons (Fsp3) is 0.385. The van der Waals surface area contributed by atoms with E-state index in [0.29, 0.717) is 0 Å². The Hall–Kier alpha value is -1.11. The number of rotatable bonds is 7. The lowest BCUT2D eigenvalue weighted by Gasteiger charge is -2.01. The molecule has 6 heteroatoms. The third-order valence-corrected chi connectivity index (χ3v) is 4.30. The summed E-state index contributed by atoms with van der Waals surface area (Å²) in [6.07, 6.45) is 4.44. The van der Waals surface area contributed by atoms with Crippen LogP contribution in [0.25, 0.3) is 10.7 Å². The summed E-state index contributed by atoms with van der Waals surface area (Å²) in [6, 6.07) is 5.83. The van der Waals surface area contributed by atoms with E-state index < -0.39 is 10.8 Å². The average Bonchev–Trinajstić information content (AvgIpc) is 2.88. The van der Waals surface area contributed by atoms with Crippen LogP contribution in [0.5, 0.6) is 0 Å². The minimum atomic E-state index is -0.696. The maximum atomic E-state index is 10.9. The summed E-state index contributed by atoms with van der Waals surface area (Å²) in [5.41, 5.74) is 1.95. The Kier molecular flexibility index (Phi) is 5.62. The Morgan fingerprint density at radius 2 is 2.32 bits per heavy atom. The highest BCUT2D eigenvalue weighted by Crippen LogP contribution is 2.20. The topological polar surface area (TPSA) is 54.9 Å². The quantitative estimate of drug-likeness (QED) is 0.795. The molecule has 0 saturated heterocycles. The molecule has 0 aromatic carbocycles. The van der Waals surface area contributed by atoms with Crippen molar-refractivity contribution in [2.24, 2.45) is 0 Å². The first-order valence-corrected chi connectivity index (χ1v) is 8.73. The molecule has 2 heterocycles. The molecule has 0 amide bonds. The molecule has 0 aliphatic rings. The maximum Gasteiger partial charge on any atom is 0.142 e. The first-order chi connectivity index (χ1) is 9.25. The van der Waals surface area contributed by atoms with Crippen molar-refractivity contribution in [1.29, 1.82) is 0 Å². The van der Waals surface area contributed by atoms with Crippen LogP contribution >= 0.6 is 11.3 Å². The second-order valence-corrected chi connectivity index (χ2v) is 6.58. The number of aromatic nitrogens is 2. The molecule has 102 valence electrons. The summed E-state index contributed by atoms with van der Waals surface area (Å²) in [7, 11) is -0.696. The summed E-state index contributed by atoms with van der Waals surface area (Å²) < 4.78 is 10.9. The summed E-state index contributed by atoms with van der Waals surface area (Å²) >= 11 is 1.61. The lowest BCUT2D eigenvalue weighted by Crippen LogP contribution is -2.16. The van der Waals surface area contributed by atoms with Crippen molar-refractivity contribution in [1.82, 2.24) is 15.3 Å². The maximum absolute atomic E-state index is 10.9. The second-order valence-electron chi connectivity index (χ2n) is 4.17. The van der Waals surface area contributed by atoms with Crippen LogP contribution in [0.4, 0.5) is 0 Å². The predicted octanol–water partition coefficient (Wildman–Crippen LogP) is 2.06. The highest BCUT2D eigenvalue weighted by atomic mass is 32.2. The molecular weight excluding hydrogens is 278 g/mol. The zero-order valence-corrected chi connectivity index (χ0v) is 12.5. The first-order valence-electron chi connectivity index (χ1n) is 6.12. The van der Waals surface area contributed by atoms with Gasteiger partial charge in [-0.1, -0.05) is 6.07 Å². The minimum Gasteiger partial charge on any atom is -0.311 e. The summed E-state index contributed by atoms with van der Waals surface area (Å²) in [5, 5.41) is 6.31. The van der Waals surface area contributed by atoms with Crippen molar-refractivity contribution < 1.29 is 4.21 Å². The van der Waals surface area contributed by atoms with Gasteiger partial charge in [-0.25, -0.2) is 4.98 Å². The van der Waals surface area contributed by atoms with Crippen molar-refractivity contribution >= 4 is 22.1 Å².